The first-order valence-corrected chi connectivity index (χ1v) is 20.1. The quantitative estimate of drug-likeness (QED) is 0.463. The van der Waals surface area contributed by atoms with Crippen molar-refractivity contribution in [1.82, 2.24) is 0 Å². The molecule has 2 aromatic rings. The first-order chi connectivity index (χ1) is 14.5. The molecule has 176 valence electrons. The lowest BCUT2D eigenvalue weighted by molar-refractivity contribution is 0.547. The maximum Gasteiger partial charge on any atom is 0.205 e. The summed E-state index contributed by atoms with van der Waals surface area (Å²) in [6.07, 6.45) is 0. The predicted molar refractivity (Wildman–Crippen MR) is 154 cm³/mol. The van der Waals surface area contributed by atoms with Crippen LogP contribution in [0.25, 0.3) is 5.57 Å². The zero-order valence-electron chi connectivity index (χ0n) is 22.1. The molecule has 0 unspecified atom stereocenters. The van der Waals surface area contributed by atoms with Crippen LogP contribution >= 0.6 is 0 Å². The SMILES string of the molecule is C=C(c1ccccc1)c1ccc([Si](C)(C)O[SiH2]C(C)(C)C)c([Si](C)(C)O[SiH2]C(C)(C)C)c1. The van der Waals surface area contributed by atoms with Gasteiger partial charge in [-0.05, 0) is 63.3 Å². The van der Waals surface area contributed by atoms with Crippen LogP contribution in [0.1, 0.15) is 52.7 Å². The van der Waals surface area contributed by atoms with Crippen LogP contribution in [0.4, 0.5) is 0 Å². The topological polar surface area (TPSA) is 18.5 Å². The van der Waals surface area contributed by atoms with Crippen molar-refractivity contribution in [3.05, 3.63) is 66.2 Å². The van der Waals surface area contributed by atoms with Crippen LogP contribution in [0.2, 0.25) is 36.3 Å². The van der Waals surface area contributed by atoms with Gasteiger partial charge >= 0.3 is 0 Å². The molecule has 2 aromatic carbocycles. The second-order valence-electron chi connectivity index (χ2n) is 12.3. The molecule has 0 fully saturated rings. The Morgan fingerprint density at radius 3 is 1.62 bits per heavy atom. The Kier molecular flexibility index (Phi) is 8.57. The molecule has 0 heterocycles. The van der Waals surface area contributed by atoms with E-state index in [1.54, 1.807) is 0 Å². The molecule has 0 saturated heterocycles. The van der Waals surface area contributed by atoms with Crippen molar-refractivity contribution in [2.45, 2.75) is 77.8 Å². The summed E-state index contributed by atoms with van der Waals surface area (Å²) >= 11 is 0. The highest BCUT2D eigenvalue weighted by Crippen LogP contribution is 2.26. The number of hydrogen-bond donors (Lipinski definition) is 0. The molecule has 0 aliphatic rings. The van der Waals surface area contributed by atoms with Crippen molar-refractivity contribution in [2.75, 3.05) is 0 Å². The Hall–Kier alpha value is -1.03. The van der Waals surface area contributed by atoms with Gasteiger partial charge in [-0.25, -0.2) is 0 Å². The average Bonchev–Trinajstić information content (AvgIpc) is 2.70. The van der Waals surface area contributed by atoms with E-state index in [2.05, 4.69) is 123 Å². The van der Waals surface area contributed by atoms with E-state index in [0.29, 0.717) is 0 Å². The summed E-state index contributed by atoms with van der Waals surface area (Å²) in [5, 5.41) is 3.38. The second-order valence-corrected chi connectivity index (χ2v) is 26.6. The van der Waals surface area contributed by atoms with Crippen LogP contribution < -0.4 is 10.4 Å². The molecule has 0 N–H and O–H groups in total. The van der Waals surface area contributed by atoms with E-state index in [0.717, 1.165) is 5.57 Å². The second kappa shape index (κ2) is 10.1. The van der Waals surface area contributed by atoms with Gasteiger partial charge in [0.05, 0.1) is 0 Å². The van der Waals surface area contributed by atoms with Crippen LogP contribution in [-0.4, -0.2) is 36.2 Å². The van der Waals surface area contributed by atoms with Gasteiger partial charge in [0.25, 0.3) is 0 Å². The predicted octanol–water partition coefficient (Wildman–Crippen LogP) is 5.21. The highest BCUT2D eigenvalue weighted by molar-refractivity contribution is 6.96. The minimum Gasteiger partial charge on any atom is -0.457 e. The van der Waals surface area contributed by atoms with Gasteiger partial charge in [-0.1, -0.05) is 96.7 Å². The van der Waals surface area contributed by atoms with Crippen LogP contribution in [0.3, 0.4) is 0 Å². The Bertz CT molecular complexity index is 923. The third-order valence-electron chi connectivity index (χ3n) is 5.52. The molecule has 0 saturated carbocycles. The molecule has 6 heteroatoms. The molecule has 2 nitrogen and oxygen atoms in total. The normalized spacial score (nSPS) is 14.1. The Morgan fingerprint density at radius 1 is 0.688 bits per heavy atom. The zero-order chi connectivity index (χ0) is 24.4. The van der Waals surface area contributed by atoms with Crippen LogP contribution in [0.15, 0.2) is 55.1 Å². The fraction of sp³-hybridized carbons (Fsp3) is 0.462. The monoisotopic (exact) mass is 500 g/mol. The summed E-state index contributed by atoms with van der Waals surface area (Å²) in [6.45, 7) is 27.7. The van der Waals surface area contributed by atoms with Crippen molar-refractivity contribution >= 4 is 52.1 Å². The van der Waals surface area contributed by atoms with Gasteiger partial charge in [0.2, 0.25) is 16.6 Å². The van der Waals surface area contributed by atoms with Gasteiger partial charge in [0, 0.05) is 0 Å². The zero-order valence-corrected chi connectivity index (χ0v) is 26.9. The van der Waals surface area contributed by atoms with E-state index < -0.39 is 36.2 Å². The maximum atomic E-state index is 6.83. The van der Waals surface area contributed by atoms with Gasteiger partial charge in [-0.2, -0.15) is 0 Å². The average molecular weight is 501 g/mol. The van der Waals surface area contributed by atoms with Crippen molar-refractivity contribution in [1.29, 1.82) is 0 Å². The standard InChI is InChI=1S/C26H44O2Si4/c1-20(21-15-13-12-14-16-21)22-17-18-23(31(8,9)27-29-25(2,3)4)24(19-22)32(10,11)28-30-26(5,6)7/h12-19H,1,29-30H2,2-11H3. The lowest BCUT2D eigenvalue weighted by Crippen LogP contribution is -2.62. The van der Waals surface area contributed by atoms with Crippen molar-refractivity contribution < 1.29 is 8.23 Å². The highest BCUT2D eigenvalue weighted by Gasteiger charge is 2.37. The third kappa shape index (κ3) is 7.78. The molecule has 32 heavy (non-hydrogen) atoms. The van der Waals surface area contributed by atoms with Gasteiger partial charge < -0.3 is 8.23 Å². The highest BCUT2D eigenvalue weighted by atomic mass is 28.4. The van der Waals surface area contributed by atoms with Gasteiger partial charge in [-0.3, -0.25) is 0 Å². The van der Waals surface area contributed by atoms with E-state index in [1.807, 2.05) is 0 Å². The first-order valence-electron chi connectivity index (χ1n) is 11.7. The van der Waals surface area contributed by atoms with E-state index in [9.17, 15) is 0 Å². The van der Waals surface area contributed by atoms with Crippen molar-refractivity contribution in [3.63, 3.8) is 0 Å². The number of benzene rings is 2. The van der Waals surface area contributed by atoms with E-state index >= 15 is 0 Å². The first kappa shape index (κ1) is 27.2. The van der Waals surface area contributed by atoms with E-state index in [4.69, 9.17) is 8.23 Å². The summed E-state index contributed by atoms with van der Waals surface area (Å²) in [5.41, 5.74) is 3.43. The fourth-order valence-electron chi connectivity index (χ4n) is 3.51. The summed E-state index contributed by atoms with van der Waals surface area (Å²) in [5.74, 6) is 0. The molecule has 0 spiro atoms. The maximum absolute atomic E-state index is 6.83. The molecular weight excluding hydrogens is 457 g/mol. The third-order valence-corrected chi connectivity index (χ3v) is 17.9. The largest absolute Gasteiger partial charge is 0.457 e. The van der Waals surface area contributed by atoms with Crippen LogP contribution in [-0.2, 0) is 8.23 Å². The minimum absolute atomic E-state index is 0.276. The Labute approximate surface area is 204 Å². The van der Waals surface area contributed by atoms with Crippen molar-refractivity contribution in [2.24, 2.45) is 0 Å². The summed E-state index contributed by atoms with van der Waals surface area (Å²) in [6, 6.07) is 17.4. The molecule has 2 rings (SSSR count). The van der Waals surface area contributed by atoms with Gasteiger partial charge in [0.1, 0.15) is 0 Å². The molecule has 0 radical (unpaired) electrons. The lowest BCUT2D eigenvalue weighted by atomic mass is 10.00. The van der Waals surface area contributed by atoms with Crippen molar-refractivity contribution in [3.8, 4) is 0 Å². The minimum atomic E-state index is -2.11. The summed E-state index contributed by atoms with van der Waals surface area (Å²) in [7, 11) is -5.44. The van der Waals surface area contributed by atoms with Gasteiger partial charge in [-0.15, -0.1) is 0 Å². The smallest absolute Gasteiger partial charge is 0.205 e. The van der Waals surface area contributed by atoms with Crippen LogP contribution in [0.5, 0.6) is 0 Å². The molecule has 0 amide bonds. The summed E-state index contributed by atoms with van der Waals surface area (Å²) < 4.78 is 13.6. The van der Waals surface area contributed by atoms with Gasteiger partial charge in [0.15, 0.2) is 19.5 Å². The van der Waals surface area contributed by atoms with Crippen LogP contribution in [0, 0.1) is 0 Å². The molecule has 0 bridgehead atoms. The molecule has 0 aliphatic carbocycles. The lowest BCUT2D eigenvalue weighted by Gasteiger charge is -2.35. The van der Waals surface area contributed by atoms with E-state index in [1.165, 1.54) is 21.5 Å². The molecule has 0 aromatic heterocycles. The fourth-order valence-corrected chi connectivity index (χ4v) is 15.4. The molecule has 0 atom stereocenters. The summed E-state index contributed by atoms with van der Waals surface area (Å²) in [4.78, 5) is 0. The number of rotatable bonds is 8. The molecular formula is C26H44O2Si4. The Balaban J connectivity index is 2.54. The molecule has 0 aliphatic heterocycles. The van der Waals surface area contributed by atoms with E-state index in [-0.39, 0.29) is 10.1 Å². The number of hydrogen-bond acceptors (Lipinski definition) is 2. The Morgan fingerprint density at radius 2 is 1.16 bits per heavy atom.